The van der Waals surface area contributed by atoms with Gasteiger partial charge in [0, 0.05) is 5.39 Å². The lowest BCUT2D eigenvalue weighted by molar-refractivity contribution is -0.117. The van der Waals surface area contributed by atoms with Gasteiger partial charge in [-0.1, -0.05) is 24.3 Å². The van der Waals surface area contributed by atoms with Gasteiger partial charge in [-0.3, -0.25) is 14.5 Å². The third kappa shape index (κ3) is 2.98. The number of rotatable bonds is 4. The van der Waals surface area contributed by atoms with Crippen molar-refractivity contribution in [3.8, 4) is 5.75 Å². The Balaban J connectivity index is 1.68. The number of aromatic hydroxyl groups is 1. The van der Waals surface area contributed by atoms with Gasteiger partial charge in [-0.25, -0.2) is 0 Å². The fraction of sp³-hybridized carbons (Fsp3) is 0.120. The number of benzene rings is 2. The number of anilines is 1. The van der Waals surface area contributed by atoms with Crippen molar-refractivity contribution >= 4 is 28.3 Å². The van der Waals surface area contributed by atoms with Crippen LogP contribution in [0.4, 0.5) is 5.69 Å². The molecule has 1 atom stereocenters. The van der Waals surface area contributed by atoms with Crippen molar-refractivity contribution in [3.05, 3.63) is 94.8 Å². The van der Waals surface area contributed by atoms with Crippen LogP contribution in [0.15, 0.2) is 80.8 Å². The molecule has 2 aromatic heterocycles. The van der Waals surface area contributed by atoms with E-state index in [1.165, 1.54) is 11.0 Å². The smallest absolute Gasteiger partial charge is 0.294 e. The lowest BCUT2D eigenvalue weighted by Crippen LogP contribution is -2.31. The number of nitrogens with zero attached hydrogens (tertiary/aromatic N) is 1. The lowest BCUT2D eigenvalue weighted by Gasteiger charge is -2.25. The van der Waals surface area contributed by atoms with Gasteiger partial charge < -0.3 is 19.0 Å². The number of ketones is 1. The predicted octanol–water partition coefficient (Wildman–Crippen LogP) is 5.13. The normalized spacial score (nSPS) is 16.4. The molecule has 7 heteroatoms. The highest BCUT2D eigenvalue weighted by atomic mass is 16.4. The Kier molecular flexibility index (Phi) is 4.41. The molecule has 5 rings (SSSR count). The van der Waals surface area contributed by atoms with Crippen LogP contribution in [0.25, 0.3) is 11.0 Å². The molecule has 0 bridgehead atoms. The summed E-state index contributed by atoms with van der Waals surface area (Å²) < 4.78 is 11.5. The summed E-state index contributed by atoms with van der Waals surface area (Å²) in [7, 11) is 0. The summed E-state index contributed by atoms with van der Waals surface area (Å²) in [5, 5.41) is 22.0. The largest absolute Gasteiger partial charge is 0.506 e. The molecule has 0 saturated carbocycles. The average molecular weight is 429 g/mol. The van der Waals surface area contributed by atoms with Crippen LogP contribution in [0.5, 0.6) is 5.75 Å². The van der Waals surface area contributed by atoms with Crippen LogP contribution in [0.2, 0.25) is 0 Å². The van der Waals surface area contributed by atoms with Gasteiger partial charge in [0.1, 0.15) is 28.9 Å². The quantitative estimate of drug-likeness (QED) is 0.436. The standard InChI is InChI=1S/C25H19NO6/c1-13-7-9-17(27)16(11-13)26-22(19-10-8-14(2)31-19)21(24(29)25(26)30)23(28)20-12-15-5-3-4-6-18(15)32-20/h3-12,22,27,29H,1-2H3. The van der Waals surface area contributed by atoms with Crippen LogP contribution in [-0.2, 0) is 4.79 Å². The molecule has 3 heterocycles. The second-order valence-corrected chi connectivity index (χ2v) is 7.76. The third-order valence-electron chi connectivity index (χ3n) is 5.52. The zero-order chi connectivity index (χ0) is 22.6. The van der Waals surface area contributed by atoms with E-state index in [0.717, 1.165) is 10.9 Å². The van der Waals surface area contributed by atoms with Gasteiger partial charge in [0.2, 0.25) is 5.78 Å². The number of amides is 1. The molecule has 2 aromatic carbocycles. The van der Waals surface area contributed by atoms with E-state index in [2.05, 4.69) is 0 Å². The average Bonchev–Trinajstić information content (AvgIpc) is 3.46. The molecule has 1 unspecified atom stereocenters. The molecule has 0 saturated heterocycles. The Morgan fingerprint density at radius 2 is 1.75 bits per heavy atom. The highest BCUT2D eigenvalue weighted by Crippen LogP contribution is 2.45. The Morgan fingerprint density at radius 3 is 2.47 bits per heavy atom. The van der Waals surface area contributed by atoms with Gasteiger partial charge in [-0.2, -0.15) is 0 Å². The maximum Gasteiger partial charge on any atom is 0.294 e. The molecule has 7 nitrogen and oxygen atoms in total. The summed E-state index contributed by atoms with van der Waals surface area (Å²) in [4.78, 5) is 27.8. The summed E-state index contributed by atoms with van der Waals surface area (Å²) >= 11 is 0. The zero-order valence-corrected chi connectivity index (χ0v) is 17.3. The van der Waals surface area contributed by atoms with E-state index in [0.29, 0.717) is 11.3 Å². The van der Waals surface area contributed by atoms with Gasteiger partial charge in [-0.05, 0) is 55.8 Å². The van der Waals surface area contributed by atoms with Gasteiger partial charge in [-0.15, -0.1) is 0 Å². The van der Waals surface area contributed by atoms with Gasteiger partial charge in [0.25, 0.3) is 5.91 Å². The highest BCUT2D eigenvalue weighted by Gasteiger charge is 2.47. The number of phenolic OH excluding ortho intramolecular Hbond substituents is 1. The molecule has 0 radical (unpaired) electrons. The molecule has 0 spiro atoms. The Labute approximate surface area is 182 Å². The van der Waals surface area contributed by atoms with Crippen molar-refractivity contribution in [2.45, 2.75) is 19.9 Å². The highest BCUT2D eigenvalue weighted by molar-refractivity contribution is 6.20. The molecule has 1 aliphatic rings. The zero-order valence-electron chi connectivity index (χ0n) is 17.3. The summed E-state index contributed by atoms with van der Waals surface area (Å²) in [6, 6.07) is 15.7. The monoisotopic (exact) mass is 429 g/mol. The number of carbonyl (C=O) groups excluding carboxylic acids is 2. The lowest BCUT2D eigenvalue weighted by atomic mass is 9.99. The number of furan rings is 2. The molecular formula is C25H19NO6. The van der Waals surface area contributed by atoms with Gasteiger partial charge >= 0.3 is 0 Å². The minimum absolute atomic E-state index is 0.0101. The van der Waals surface area contributed by atoms with Crippen LogP contribution >= 0.6 is 0 Å². The molecule has 0 fully saturated rings. The van der Waals surface area contributed by atoms with Crippen molar-refractivity contribution in [1.29, 1.82) is 0 Å². The Morgan fingerprint density at radius 1 is 0.969 bits per heavy atom. The molecule has 1 aliphatic heterocycles. The number of hydrogen-bond donors (Lipinski definition) is 2. The van der Waals surface area contributed by atoms with E-state index in [9.17, 15) is 19.8 Å². The predicted molar refractivity (Wildman–Crippen MR) is 117 cm³/mol. The van der Waals surface area contributed by atoms with Crippen molar-refractivity contribution in [2.24, 2.45) is 0 Å². The first-order valence-corrected chi connectivity index (χ1v) is 10.0. The Bertz CT molecular complexity index is 1390. The summed E-state index contributed by atoms with van der Waals surface area (Å²) in [6.45, 7) is 3.54. The van der Waals surface area contributed by atoms with E-state index in [-0.39, 0.29) is 28.5 Å². The summed E-state index contributed by atoms with van der Waals surface area (Å²) in [5.41, 5.74) is 1.28. The topological polar surface area (TPSA) is 104 Å². The number of aliphatic hydroxyl groups excluding tert-OH is 1. The van der Waals surface area contributed by atoms with Gasteiger partial charge in [0.15, 0.2) is 11.5 Å². The van der Waals surface area contributed by atoms with Crippen LogP contribution in [-0.4, -0.2) is 21.9 Å². The maximum absolute atomic E-state index is 13.5. The number of fused-ring (bicyclic) bond motifs is 1. The summed E-state index contributed by atoms with van der Waals surface area (Å²) in [6.07, 6.45) is 0. The van der Waals surface area contributed by atoms with E-state index >= 15 is 0 Å². The number of para-hydroxylation sites is 1. The van der Waals surface area contributed by atoms with Crippen molar-refractivity contribution in [1.82, 2.24) is 0 Å². The van der Waals surface area contributed by atoms with Crippen LogP contribution < -0.4 is 4.90 Å². The van der Waals surface area contributed by atoms with E-state index in [1.807, 2.05) is 13.0 Å². The molecule has 32 heavy (non-hydrogen) atoms. The fourth-order valence-corrected chi connectivity index (χ4v) is 4.01. The third-order valence-corrected chi connectivity index (χ3v) is 5.52. The van der Waals surface area contributed by atoms with Crippen LogP contribution in [0.1, 0.15) is 33.7 Å². The van der Waals surface area contributed by atoms with Crippen molar-refractivity contribution < 1.29 is 28.6 Å². The van der Waals surface area contributed by atoms with Crippen molar-refractivity contribution in [3.63, 3.8) is 0 Å². The SMILES string of the molecule is Cc1ccc(O)c(N2C(=O)C(O)=C(C(=O)c3cc4ccccc4o3)C2c2ccc(C)o2)c1. The minimum Gasteiger partial charge on any atom is -0.506 e. The van der Waals surface area contributed by atoms with Crippen molar-refractivity contribution in [2.75, 3.05) is 4.90 Å². The number of hydrogen-bond acceptors (Lipinski definition) is 6. The van der Waals surface area contributed by atoms with E-state index in [4.69, 9.17) is 8.83 Å². The second kappa shape index (κ2) is 7.16. The van der Waals surface area contributed by atoms with E-state index in [1.54, 1.807) is 55.5 Å². The van der Waals surface area contributed by atoms with Crippen LogP contribution in [0.3, 0.4) is 0 Å². The summed E-state index contributed by atoms with van der Waals surface area (Å²) in [5.74, 6) is -1.49. The minimum atomic E-state index is -1.08. The van der Waals surface area contributed by atoms with E-state index < -0.39 is 23.5 Å². The molecule has 2 N–H and O–H groups in total. The fourth-order valence-electron chi connectivity index (χ4n) is 4.01. The maximum atomic E-state index is 13.5. The van der Waals surface area contributed by atoms with Crippen LogP contribution in [0, 0.1) is 13.8 Å². The van der Waals surface area contributed by atoms with Gasteiger partial charge in [0.05, 0.1) is 11.3 Å². The molecular weight excluding hydrogens is 410 g/mol. The number of aryl methyl sites for hydroxylation is 2. The number of carbonyl (C=O) groups is 2. The first-order valence-electron chi connectivity index (χ1n) is 10.0. The number of aliphatic hydroxyl groups is 1. The molecule has 0 aliphatic carbocycles. The Hall–Kier alpha value is -4.26. The molecule has 160 valence electrons. The molecule has 1 amide bonds. The second-order valence-electron chi connectivity index (χ2n) is 7.76. The number of phenols is 1. The number of Topliss-reactive ketones (excluding diaryl/α,β-unsaturated/α-hetero) is 1. The first kappa shape index (κ1) is 19.7. The first-order chi connectivity index (χ1) is 15.3. The molecule has 4 aromatic rings.